The van der Waals surface area contributed by atoms with Crippen molar-refractivity contribution in [2.75, 3.05) is 29.9 Å². The zero-order valence-electron chi connectivity index (χ0n) is 14.7. The van der Waals surface area contributed by atoms with Gasteiger partial charge in [-0.25, -0.2) is 9.97 Å². The van der Waals surface area contributed by atoms with Crippen LogP contribution in [0.4, 0.5) is 11.6 Å². The molecule has 2 N–H and O–H groups in total. The van der Waals surface area contributed by atoms with Crippen LogP contribution in [-0.4, -0.2) is 45.8 Å². The lowest BCUT2D eigenvalue weighted by atomic mass is 10.1. The predicted molar refractivity (Wildman–Crippen MR) is 103 cm³/mol. The zero-order chi connectivity index (χ0) is 17.8. The van der Waals surface area contributed by atoms with E-state index in [0.29, 0.717) is 0 Å². The summed E-state index contributed by atoms with van der Waals surface area (Å²) >= 11 is 0. The van der Waals surface area contributed by atoms with Gasteiger partial charge < -0.3 is 15.3 Å². The Hall–Kier alpha value is -2.73. The maximum atomic E-state index is 9.51. The normalized spacial score (nSPS) is 17.0. The lowest BCUT2D eigenvalue weighted by Gasteiger charge is -2.24. The summed E-state index contributed by atoms with van der Waals surface area (Å²) in [5.74, 6) is 1.69. The minimum atomic E-state index is 0.166. The first-order chi connectivity index (χ1) is 12.8. The molecule has 1 saturated heterocycles. The Morgan fingerprint density at radius 1 is 1.15 bits per heavy atom. The number of aliphatic hydroxyl groups excluding tert-OH is 1. The molecule has 4 rings (SSSR count). The maximum Gasteiger partial charge on any atom is 0.134 e. The van der Waals surface area contributed by atoms with Crippen LogP contribution in [0.3, 0.4) is 0 Å². The molecule has 0 saturated carbocycles. The van der Waals surface area contributed by atoms with E-state index in [9.17, 15) is 5.11 Å². The Bertz CT molecular complexity index is 879. The largest absolute Gasteiger partial charge is 0.394 e. The first kappa shape index (κ1) is 16.7. The Morgan fingerprint density at radius 3 is 3.00 bits per heavy atom. The van der Waals surface area contributed by atoms with E-state index in [1.165, 1.54) is 10.9 Å². The van der Waals surface area contributed by atoms with E-state index in [2.05, 4.69) is 49.4 Å². The lowest BCUT2D eigenvalue weighted by Crippen LogP contribution is -2.32. The predicted octanol–water partition coefficient (Wildman–Crippen LogP) is 2.64. The van der Waals surface area contributed by atoms with Gasteiger partial charge >= 0.3 is 0 Å². The molecule has 3 aromatic rings. The molecule has 0 bridgehead atoms. The number of rotatable bonds is 6. The summed E-state index contributed by atoms with van der Waals surface area (Å²) in [5, 5.41) is 14.1. The molecular formula is C20H23N5O. The highest BCUT2D eigenvalue weighted by atomic mass is 16.3. The minimum absolute atomic E-state index is 0.166. The third-order valence-electron chi connectivity index (χ3n) is 4.95. The number of aliphatic hydroxyl groups is 1. The molecule has 1 atom stereocenters. The first-order valence-corrected chi connectivity index (χ1v) is 9.11. The van der Waals surface area contributed by atoms with Crippen LogP contribution in [0.25, 0.3) is 10.9 Å². The summed E-state index contributed by atoms with van der Waals surface area (Å²) in [4.78, 5) is 15.4. The van der Waals surface area contributed by atoms with Crippen molar-refractivity contribution in [2.45, 2.75) is 25.3 Å². The molecule has 1 fully saturated rings. The Labute approximate surface area is 152 Å². The van der Waals surface area contributed by atoms with Gasteiger partial charge in [0.05, 0.1) is 18.2 Å². The molecule has 6 heteroatoms. The number of hydrogen-bond donors (Lipinski definition) is 2. The van der Waals surface area contributed by atoms with E-state index >= 15 is 0 Å². The molecule has 26 heavy (non-hydrogen) atoms. The smallest absolute Gasteiger partial charge is 0.134 e. The molecule has 1 unspecified atom stereocenters. The third kappa shape index (κ3) is 3.46. The second kappa shape index (κ2) is 7.66. The maximum absolute atomic E-state index is 9.51. The Kier molecular flexibility index (Phi) is 4.93. The van der Waals surface area contributed by atoms with E-state index in [1.807, 2.05) is 18.3 Å². The van der Waals surface area contributed by atoms with Crippen LogP contribution >= 0.6 is 0 Å². The Balaban J connectivity index is 1.43. The van der Waals surface area contributed by atoms with Gasteiger partial charge in [0.2, 0.25) is 0 Å². The van der Waals surface area contributed by atoms with Gasteiger partial charge in [0.1, 0.15) is 18.0 Å². The quantitative estimate of drug-likeness (QED) is 0.713. The van der Waals surface area contributed by atoms with Crippen molar-refractivity contribution in [3.8, 4) is 0 Å². The summed E-state index contributed by atoms with van der Waals surface area (Å²) in [7, 11) is 0. The van der Waals surface area contributed by atoms with Crippen LogP contribution in [0.5, 0.6) is 0 Å². The van der Waals surface area contributed by atoms with E-state index in [4.69, 9.17) is 0 Å². The van der Waals surface area contributed by atoms with Gasteiger partial charge in [-0.1, -0.05) is 24.3 Å². The van der Waals surface area contributed by atoms with Crippen molar-refractivity contribution in [1.29, 1.82) is 0 Å². The Morgan fingerprint density at radius 2 is 2.08 bits per heavy atom. The molecule has 0 spiro atoms. The minimum Gasteiger partial charge on any atom is -0.394 e. The van der Waals surface area contributed by atoms with Crippen LogP contribution in [0.15, 0.2) is 48.9 Å². The van der Waals surface area contributed by atoms with Gasteiger partial charge in [0.25, 0.3) is 0 Å². The van der Waals surface area contributed by atoms with E-state index < -0.39 is 0 Å². The van der Waals surface area contributed by atoms with E-state index in [0.717, 1.165) is 49.5 Å². The molecule has 1 aliphatic heterocycles. The highest BCUT2D eigenvalue weighted by Crippen LogP contribution is 2.24. The number of benzene rings is 1. The van der Waals surface area contributed by atoms with Crippen LogP contribution < -0.4 is 10.2 Å². The van der Waals surface area contributed by atoms with Crippen molar-refractivity contribution in [1.82, 2.24) is 15.0 Å². The fraction of sp³-hybridized carbons (Fsp3) is 0.350. The number of anilines is 2. The second-order valence-electron chi connectivity index (χ2n) is 6.60. The molecule has 0 amide bonds. The summed E-state index contributed by atoms with van der Waals surface area (Å²) in [6.07, 6.45) is 6.40. The summed E-state index contributed by atoms with van der Waals surface area (Å²) in [6.45, 7) is 1.87. The lowest BCUT2D eigenvalue weighted by molar-refractivity contribution is 0.266. The summed E-state index contributed by atoms with van der Waals surface area (Å²) in [6, 6.07) is 12.5. The summed E-state index contributed by atoms with van der Waals surface area (Å²) < 4.78 is 0. The van der Waals surface area contributed by atoms with Crippen molar-refractivity contribution >= 4 is 22.5 Å². The van der Waals surface area contributed by atoms with Gasteiger partial charge in [0, 0.05) is 30.7 Å². The molecule has 134 valence electrons. The number of pyridine rings is 1. The van der Waals surface area contributed by atoms with Crippen LogP contribution in [-0.2, 0) is 6.42 Å². The second-order valence-corrected chi connectivity index (χ2v) is 6.60. The number of hydrogen-bond acceptors (Lipinski definition) is 6. The van der Waals surface area contributed by atoms with Crippen molar-refractivity contribution < 1.29 is 5.11 Å². The molecule has 3 heterocycles. The molecule has 1 aliphatic rings. The molecule has 2 aromatic heterocycles. The van der Waals surface area contributed by atoms with Crippen molar-refractivity contribution in [2.24, 2.45) is 0 Å². The number of aromatic nitrogens is 3. The molecule has 1 aromatic carbocycles. The van der Waals surface area contributed by atoms with Gasteiger partial charge in [-0.2, -0.15) is 0 Å². The third-order valence-corrected chi connectivity index (χ3v) is 4.95. The molecule has 0 radical (unpaired) electrons. The monoisotopic (exact) mass is 349 g/mol. The standard InChI is InChI=1S/C20H23N5O/c26-13-17-7-3-11-25(17)19-12-18(23-14-24-19)21-10-8-16-5-1-4-15-6-2-9-22-20(15)16/h1-2,4-6,9,12,14,17,26H,3,7-8,10-11,13H2,(H,21,23,24). The fourth-order valence-electron chi connectivity index (χ4n) is 3.62. The number of fused-ring (bicyclic) bond motifs is 1. The summed E-state index contributed by atoms with van der Waals surface area (Å²) in [5.41, 5.74) is 2.28. The molecule has 0 aliphatic carbocycles. The average Bonchev–Trinajstić information content (AvgIpc) is 3.17. The van der Waals surface area contributed by atoms with E-state index in [-0.39, 0.29) is 12.6 Å². The zero-order valence-corrected chi connectivity index (χ0v) is 14.7. The first-order valence-electron chi connectivity index (χ1n) is 9.11. The molecular weight excluding hydrogens is 326 g/mol. The highest BCUT2D eigenvalue weighted by Gasteiger charge is 2.25. The highest BCUT2D eigenvalue weighted by molar-refractivity contribution is 5.81. The topological polar surface area (TPSA) is 74.2 Å². The van der Waals surface area contributed by atoms with Gasteiger partial charge in [0.15, 0.2) is 0 Å². The van der Waals surface area contributed by atoms with Crippen molar-refractivity contribution in [3.63, 3.8) is 0 Å². The van der Waals surface area contributed by atoms with Crippen LogP contribution in [0.1, 0.15) is 18.4 Å². The van der Waals surface area contributed by atoms with E-state index in [1.54, 1.807) is 6.33 Å². The van der Waals surface area contributed by atoms with Gasteiger partial charge in [-0.05, 0) is 30.9 Å². The number of nitrogens with zero attached hydrogens (tertiary/aromatic N) is 4. The SMILES string of the molecule is OCC1CCCN1c1cc(NCCc2cccc3cccnc23)ncn1. The fourth-order valence-corrected chi connectivity index (χ4v) is 3.62. The van der Waals surface area contributed by atoms with Gasteiger partial charge in [-0.3, -0.25) is 4.98 Å². The number of nitrogens with one attached hydrogen (secondary N) is 1. The van der Waals surface area contributed by atoms with Crippen LogP contribution in [0, 0.1) is 0 Å². The van der Waals surface area contributed by atoms with Crippen LogP contribution in [0.2, 0.25) is 0 Å². The van der Waals surface area contributed by atoms with Gasteiger partial charge in [-0.15, -0.1) is 0 Å². The number of para-hydroxylation sites is 1. The average molecular weight is 349 g/mol. The van der Waals surface area contributed by atoms with Crippen molar-refractivity contribution in [3.05, 3.63) is 54.5 Å². The molecule has 6 nitrogen and oxygen atoms in total.